The molecule has 0 aliphatic carbocycles. The van der Waals surface area contributed by atoms with Gasteiger partial charge in [0.25, 0.3) is 0 Å². The van der Waals surface area contributed by atoms with Crippen molar-refractivity contribution in [3.8, 4) is 0 Å². The van der Waals surface area contributed by atoms with Gasteiger partial charge in [-0.25, -0.2) is 0 Å². The largest absolute Gasteiger partial charge is 0.388 e. The summed E-state index contributed by atoms with van der Waals surface area (Å²) in [6.07, 6.45) is 1.54. The molecular formula is C18H26N2O4. The summed E-state index contributed by atoms with van der Waals surface area (Å²) in [5, 5.41) is 13.0. The van der Waals surface area contributed by atoms with Crippen LogP contribution in [-0.2, 0) is 20.9 Å². The van der Waals surface area contributed by atoms with Crippen LogP contribution in [0.3, 0.4) is 0 Å². The second-order valence-electron chi connectivity index (χ2n) is 6.28. The van der Waals surface area contributed by atoms with Crippen molar-refractivity contribution in [2.75, 3.05) is 26.7 Å². The van der Waals surface area contributed by atoms with E-state index in [1.165, 1.54) is 0 Å². The number of carbonyl (C=O) groups is 2. The highest BCUT2D eigenvalue weighted by atomic mass is 16.5. The summed E-state index contributed by atoms with van der Waals surface area (Å²) in [5.41, 5.74) is -0.0540. The van der Waals surface area contributed by atoms with Gasteiger partial charge in [0.15, 0.2) is 0 Å². The van der Waals surface area contributed by atoms with Crippen molar-refractivity contribution >= 4 is 11.8 Å². The molecule has 1 aliphatic rings. The minimum atomic E-state index is -1.13. The van der Waals surface area contributed by atoms with Crippen LogP contribution in [0, 0.1) is 0 Å². The standard InChI is InChI=1S/C18H26N2O4/c1-19-16(21)12-18(23)9-5-10-20(14-18)17(22)8-11-24-13-15-6-3-2-4-7-15/h2-4,6-7,23H,5,8-14H2,1H3,(H,19,21). The van der Waals surface area contributed by atoms with Crippen molar-refractivity contribution in [3.63, 3.8) is 0 Å². The Morgan fingerprint density at radius 2 is 2.08 bits per heavy atom. The summed E-state index contributed by atoms with van der Waals surface area (Å²) in [6.45, 7) is 1.65. The van der Waals surface area contributed by atoms with Crippen LogP contribution in [0.25, 0.3) is 0 Å². The van der Waals surface area contributed by atoms with Crippen molar-refractivity contribution < 1.29 is 19.4 Å². The Morgan fingerprint density at radius 3 is 2.79 bits per heavy atom. The number of nitrogens with zero attached hydrogens (tertiary/aromatic N) is 1. The van der Waals surface area contributed by atoms with E-state index in [1.807, 2.05) is 30.3 Å². The first-order chi connectivity index (χ1) is 11.5. The molecule has 1 aliphatic heterocycles. The fourth-order valence-electron chi connectivity index (χ4n) is 2.94. The summed E-state index contributed by atoms with van der Waals surface area (Å²) in [4.78, 5) is 25.4. The fraction of sp³-hybridized carbons (Fsp3) is 0.556. The molecule has 2 amide bonds. The molecule has 1 saturated heterocycles. The number of ether oxygens (including phenoxy) is 1. The number of amides is 2. The molecule has 132 valence electrons. The molecule has 1 atom stereocenters. The van der Waals surface area contributed by atoms with Gasteiger partial charge in [0, 0.05) is 20.1 Å². The van der Waals surface area contributed by atoms with Gasteiger partial charge >= 0.3 is 0 Å². The lowest BCUT2D eigenvalue weighted by molar-refractivity contribution is -0.143. The number of hydrogen-bond donors (Lipinski definition) is 2. The first-order valence-electron chi connectivity index (χ1n) is 8.35. The van der Waals surface area contributed by atoms with E-state index < -0.39 is 5.60 Å². The second-order valence-corrected chi connectivity index (χ2v) is 6.28. The molecule has 1 aromatic rings. The zero-order valence-electron chi connectivity index (χ0n) is 14.2. The Morgan fingerprint density at radius 1 is 1.33 bits per heavy atom. The van der Waals surface area contributed by atoms with Gasteiger partial charge in [0.2, 0.25) is 11.8 Å². The predicted octanol–water partition coefficient (Wildman–Crippen LogP) is 1.08. The normalized spacial score (nSPS) is 20.7. The second kappa shape index (κ2) is 8.80. The minimum Gasteiger partial charge on any atom is -0.388 e. The van der Waals surface area contributed by atoms with E-state index in [0.717, 1.165) is 5.56 Å². The van der Waals surface area contributed by atoms with Gasteiger partial charge in [-0.1, -0.05) is 30.3 Å². The molecule has 1 heterocycles. The van der Waals surface area contributed by atoms with E-state index in [-0.39, 0.29) is 31.2 Å². The van der Waals surface area contributed by atoms with Crippen LogP contribution in [0.5, 0.6) is 0 Å². The van der Waals surface area contributed by atoms with E-state index in [0.29, 0.717) is 32.6 Å². The van der Waals surface area contributed by atoms with Crippen LogP contribution in [0.15, 0.2) is 30.3 Å². The van der Waals surface area contributed by atoms with Gasteiger partial charge in [-0.3, -0.25) is 9.59 Å². The van der Waals surface area contributed by atoms with Gasteiger partial charge in [-0.15, -0.1) is 0 Å². The Balaban J connectivity index is 1.74. The molecule has 0 radical (unpaired) electrons. The van der Waals surface area contributed by atoms with Gasteiger partial charge in [0.05, 0.1) is 31.7 Å². The molecule has 0 saturated carbocycles. The molecule has 0 bridgehead atoms. The lowest BCUT2D eigenvalue weighted by Gasteiger charge is -2.38. The third kappa shape index (κ3) is 5.62. The van der Waals surface area contributed by atoms with E-state index in [2.05, 4.69) is 5.32 Å². The highest BCUT2D eigenvalue weighted by Gasteiger charge is 2.36. The minimum absolute atomic E-state index is 0.0256. The Labute approximate surface area is 142 Å². The van der Waals surface area contributed by atoms with Crippen LogP contribution in [0.1, 0.15) is 31.2 Å². The number of likely N-dealkylation sites (tertiary alicyclic amines) is 1. The first-order valence-corrected chi connectivity index (χ1v) is 8.35. The average Bonchev–Trinajstić information content (AvgIpc) is 2.59. The topological polar surface area (TPSA) is 78.9 Å². The third-order valence-electron chi connectivity index (χ3n) is 4.25. The SMILES string of the molecule is CNC(=O)CC1(O)CCCN(C(=O)CCOCc2ccccc2)C1. The Hall–Kier alpha value is -1.92. The maximum atomic E-state index is 12.3. The van der Waals surface area contributed by atoms with Gasteiger partial charge in [0.1, 0.15) is 0 Å². The summed E-state index contributed by atoms with van der Waals surface area (Å²) in [6, 6.07) is 9.80. The number of piperidine rings is 1. The van der Waals surface area contributed by atoms with Crippen LogP contribution in [0.2, 0.25) is 0 Å². The van der Waals surface area contributed by atoms with Crippen LogP contribution in [-0.4, -0.2) is 54.2 Å². The molecule has 2 N–H and O–H groups in total. The predicted molar refractivity (Wildman–Crippen MR) is 90.2 cm³/mol. The monoisotopic (exact) mass is 334 g/mol. The van der Waals surface area contributed by atoms with E-state index in [4.69, 9.17) is 4.74 Å². The maximum Gasteiger partial charge on any atom is 0.224 e. The zero-order chi connectivity index (χ0) is 17.4. The molecular weight excluding hydrogens is 308 g/mol. The van der Waals surface area contributed by atoms with Crippen LogP contribution in [0.4, 0.5) is 0 Å². The highest BCUT2D eigenvalue weighted by Crippen LogP contribution is 2.25. The molecule has 6 heteroatoms. The van der Waals surface area contributed by atoms with Crippen LogP contribution >= 0.6 is 0 Å². The maximum absolute atomic E-state index is 12.3. The number of nitrogens with one attached hydrogen (secondary N) is 1. The van der Waals surface area contributed by atoms with Crippen molar-refractivity contribution in [3.05, 3.63) is 35.9 Å². The Kier molecular flexibility index (Phi) is 6.75. The van der Waals surface area contributed by atoms with Crippen molar-refractivity contribution in [2.24, 2.45) is 0 Å². The molecule has 1 unspecified atom stereocenters. The summed E-state index contributed by atoms with van der Waals surface area (Å²) >= 11 is 0. The van der Waals surface area contributed by atoms with Gasteiger partial charge < -0.3 is 20.1 Å². The lowest BCUT2D eigenvalue weighted by Crippen LogP contribution is -2.52. The number of aliphatic hydroxyl groups is 1. The molecule has 2 rings (SSSR count). The van der Waals surface area contributed by atoms with E-state index in [9.17, 15) is 14.7 Å². The van der Waals surface area contributed by atoms with E-state index in [1.54, 1.807) is 11.9 Å². The fourth-order valence-corrected chi connectivity index (χ4v) is 2.94. The third-order valence-corrected chi connectivity index (χ3v) is 4.25. The quantitative estimate of drug-likeness (QED) is 0.732. The molecule has 1 aromatic carbocycles. The summed E-state index contributed by atoms with van der Waals surface area (Å²) in [7, 11) is 1.54. The van der Waals surface area contributed by atoms with E-state index >= 15 is 0 Å². The first kappa shape index (κ1) is 18.4. The lowest BCUT2D eigenvalue weighted by atomic mass is 9.89. The molecule has 0 spiro atoms. The average molecular weight is 334 g/mol. The number of hydrogen-bond acceptors (Lipinski definition) is 4. The van der Waals surface area contributed by atoms with Crippen LogP contribution < -0.4 is 5.32 Å². The van der Waals surface area contributed by atoms with Crippen molar-refractivity contribution in [1.82, 2.24) is 10.2 Å². The van der Waals surface area contributed by atoms with Gasteiger partial charge in [-0.2, -0.15) is 0 Å². The zero-order valence-corrected chi connectivity index (χ0v) is 14.2. The number of β-amino-alcohol motifs (C(OH)–C–C–N with tert-alkyl or cyclic N) is 1. The van der Waals surface area contributed by atoms with Crippen molar-refractivity contribution in [1.29, 1.82) is 0 Å². The van der Waals surface area contributed by atoms with Gasteiger partial charge in [-0.05, 0) is 18.4 Å². The summed E-state index contributed by atoms with van der Waals surface area (Å²) < 4.78 is 5.54. The smallest absolute Gasteiger partial charge is 0.224 e. The number of rotatable bonds is 7. The molecule has 6 nitrogen and oxygen atoms in total. The number of carbonyl (C=O) groups excluding carboxylic acids is 2. The molecule has 1 fully saturated rings. The molecule has 0 aromatic heterocycles. The Bertz CT molecular complexity index is 549. The number of benzene rings is 1. The highest BCUT2D eigenvalue weighted by molar-refractivity contribution is 5.78. The summed E-state index contributed by atoms with van der Waals surface area (Å²) in [5.74, 6) is -0.254. The van der Waals surface area contributed by atoms with Crippen molar-refractivity contribution in [2.45, 2.75) is 37.9 Å². The molecule has 24 heavy (non-hydrogen) atoms.